The summed E-state index contributed by atoms with van der Waals surface area (Å²) < 4.78 is 4.88. The first-order valence-corrected chi connectivity index (χ1v) is 18.3. The molecular weight excluding hydrogens is 609 g/mol. The molecule has 3 aromatic heterocycles. The Hall–Kier alpha value is -5.61. The molecule has 10 rings (SSSR count). The predicted octanol–water partition coefficient (Wildman–Crippen LogP) is 11.8. The molecule has 7 aromatic rings. The van der Waals surface area contributed by atoms with Gasteiger partial charge in [-0.15, -0.1) is 0 Å². The predicted molar refractivity (Wildman–Crippen MR) is 209 cm³/mol. The number of pyridine rings is 1. The molecule has 0 amide bonds. The quantitative estimate of drug-likeness (QED) is 0.189. The molecule has 2 aliphatic carbocycles. The Kier molecular flexibility index (Phi) is 7.07. The van der Waals surface area contributed by atoms with Crippen LogP contribution in [0, 0.1) is 0 Å². The van der Waals surface area contributed by atoms with Crippen molar-refractivity contribution >= 4 is 55.0 Å². The van der Waals surface area contributed by atoms with Gasteiger partial charge in [0.1, 0.15) is 5.82 Å². The number of nitrogens with zero attached hydrogens (tertiary/aromatic N) is 3. The molecule has 0 saturated carbocycles. The highest BCUT2D eigenvalue weighted by molar-refractivity contribution is 6.29. The van der Waals surface area contributed by atoms with Gasteiger partial charge in [0, 0.05) is 38.8 Å². The second-order valence-electron chi connectivity index (χ2n) is 14.1. The molecule has 3 aliphatic rings. The van der Waals surface area contributed by atoms with E-state index in [0.29, 0.717) is 5.92 Å². The number of hydrogen-bond acceptors (Lipinski definition) is 2. The third-order valence-electron chi connectivity index (χ3n) is 11.1. The fourth-order valence-electron chi connectivity index (χ4n) is 8.72. The summed E-state index contributed by atoms with van der Waals surface area (Å²) in [5.41, 5.74) is 11.1. The lowest BCUT2D eigenvalue weighted by Crippen LogP contribution is -2.27. The summed E-state index contributed by atoms with van der Waals surface area (Å²) in [6.45, 7) is 0. The van der Waals surface area contributed by atoms with E-state index in [-0.39, 0.29) is 6.04 Å². The van der Waals surface area contributed by atoms with Gasteiger partial charge in [0.25, 0.3) is 0 Å². The van der Waals surface area contributed by atoms with Gasteiger partial charge in [0.15, 0.2) is 0 Å². The summed E-state index contributed by atoms with van der Waals surface area (Å²) in [6, 6.07) is 38.0. The van der Waals surface area contributed by atoms with Crippen LogP contribution in [0.5, 0.6) is 0 Å². The number of allylic oxidation sites excluding steroid dienone is 7. The summed E-state index contributed by atoms with van der Waals surface area (Å²) in [7, 11) is 0. The van der Waals surface area contributed by atoms with Crippen LogP contribution in [-0.4, -0.2) is 14.1 Å². The maximum atomic E-state index is 5.44. The van der Waals surface area contributed by atoms with Gasteiger partial charge in [-0.1, -0.05) is 85.0 Å². The molecule has 2 atom stereocenters. The van der Waals surface area contributed by atoms with Crippen molar-refractivity contribution in [1.82, 2.24) is 19.4 Å². The van der Waals surface area contributed by atoms with Crippen molar-refractivity contribution in [2.45, 2.75) is 56.9 Å². The molecule has 0 saturated heterocycles. The summed E-state index contributed by atoms with van der Waals surface area (Å²) in [5.74, 6) is 1.62. The topological polar surface area (TPSA) is 34.8 Å². The SMILES string of the molecule is C1=CC(c2cc(C3CC=CCC3)nc(C3CCC=C(n4c5ccccc5c5c6c7ccccc7n(-c7ccccc7)c6ccc54)N3)c2)=CCC1. The van der Waals surface area contributed by atoms with Gasteiger partial charge >= 0.3 is 0 Å². The summed E-state index contributed by atoms with van der Waals surface area (Å²) >= 11 is 0. The molecule has 4 heteroatoms. The summed E-state index contributed by atoms with van der Waals surface area (Å²) in [5, 5.41) is 9.20. The second-order valence-corrected chi connectivity index (χ2v) is 14.1. The first kappa shape index (κ1) is 29.3. The number of rotatable bonds is 5. The van der Waals surface area contributed by atoms with Crippen molar-refractivity contribution in [2.75, 3.05) is 0 Å². The minimum atomic E-state index is 0.126. The Labute approximate surface area is 292 Å². The van der Waals surface area contributed by atoms with Crippen LogP contribution in [0.4, 0.5) is 0 Å². The van der Waals surface area contributed by atoms with Gasteiger partial charge in [0.05, 0.1) is 33.8 Å². The van der Waals surface area contributed by atoms with E-state index in [1.165, 1.54) is 72.6 Å². The fourth-order valence-corrected chi connectivity index (χ4v) is 8.72. The summed E-state index contributed by atoms with van der Waals surface area (Å²) in [4.78, 5) is 5.44. The number of para-hydroxylation sites is 3. The molecule has 0 bridgehead atoms. The Morgan fingerprint density at radius 1 is 0.580 bits per heavy atom. The second kappa shape index (κ2) is 12.1. The molecule has 1 aliphatic heterocycles. The fraction of sp³-hybridized carbons (Fsp3) is 0.196. The van der Waals surface area contributed by atoms with Crippen molar-refractivity contribution < 1.29 is 0 Å². The molecule has 50 heavy (non-hydrogen) atoms. The maximum Gasteiger partial charge on any atom is 0.107 e. The lowest BCUT2D eigenvalue weighted by Gasteiger charge is -2.28. The number of aromatic nitrogens is 3. The Balaban J connectivity index is 1.13. The molecule has 244 valence electrons. The zero-order chi connectivity index (χ0) is 33.0. The average Bonchev–Trinajstić information content (AvgIpc) is 3.72. The van der Waals surface area contributed by atoms with Crippen molar-refractivity contribution in [3.05, 3.63) is 157 Å². The summed E-state index contributed by atoms with van der Waals surface area (Å²) in [6.07, 6.45) is 21.7. The van der Waals surface area contributed by atoms with E-state index >= 15 is 0 Å². The van der Waals surface area contributed by atoms with Crippen LogP contribution in [0.1, 0.15) is 73.9 Å². The maximum absolute atomic E-state index is 5.44. The lowest BCUT2D eigenvalue weighted by molar-refractivity contribution is 0.529. The zero-order valence-electron chi connectivity index (χ0n) is 28.2. The minimum Gasteiger partial charge on any atom is -0.363 e. The van der Waals surface area contributed by atoms with E-state index in [4.69, 9.17) is 4.98 Å². The Morgan fingerprint density at radius 2 is 1.30 bits per heavy atom. The zero-order valence-corrected chi connectivity index (χ0v) is 28.2. The van der Waals surface area contributed by atoms with Crippen LogP contribution in [0.25, 0.3) is 60.7 Å². The van der Waals surface area contributed by atoms with Crippen LogP contribution < -0.4 is 5.32 Å². The van der Waals surface area contributed by atoms with E-state index in [2.05, 4.69) is 154 Å². The van der Waals surface area contributed by atoms with Crippen molar-refractivity contribution in [1.29, 1.82) is 0 Å². The highest BCUT2D eigenvalue weighted by Gasteiger charge is 2.26. The number of benzene rings is 4. The Morgan fingerprint density at radius 3 is 2.04 bits per heavy atom. The van der Waals surface area contributed by atoms with E-state index in [1.54, 1.807) is 0 Å². The average molecular weight is 649 g/mol. The monoisotopic (exact) mass is 648 g/mol. The van der Waals surface area contributed by atoms with Crippen molar-refractivity contribution in [3.63, 3.8) is 0 Å². The first-order valence-electron chi connectivity index (χ1n) is 18.3. The molecule has 4 heterocycles. The van der Waals surface area contributed by atoms with Gasteiger partial charge in [-0.2, -0.15) is 0 Å². The van der Waals surface area contributed by atoms with Gasteiger partial charge in [-0.3, -0.25) is 9.55 Å². The van der Waals surface area contributed by atoms with Crippen LogP contribution in [0.3, 0.4) is 0 Å². The smallest absolute Gasteiger partial charge is 0.107 e. The van der Waals surface area contributed by atoms with E-state index in [0.717, 1.165) is 50.0 Å². The minimum absolute atomic E-state index is 0.126. The Bertz CT molecular complexity index is 2560. The molecule has 2 unspecified atom stereocenters. The first-order chi connectivity index (χ1) is 24.8. The standard InChI is InChI=1S/C46H40N4/c1-4-15-31(16-5-1)33-29-38(32-17-6-2-7-18-32)47-39(30-33)37-23-14-26-44(48-37)50-41-25-13-11-22-36(41)46-43(50)28-27-42-45(46)35-21-10-12-24-40(35)49(42)34-19-8-3-9-20-34/h2-4,6,8-13,15-16,19-22,24-30,32,37,48H,1,5,7,14,17-18,23H2. The molecule has 4 nitrogen and oxygen atoms in total. The van der Waals surface area contributed by atoms with Gasteiger partial charge < -0.3 is 9.88 Å². The van der Waals surface area contributed by atoms with E-state index in [9.17, 15) is 0 Å². The van der Waals surface area contributed by atoms with E-state index in [1.807, 2.05) is 0 Å². The van der Waals surface area contributed by atoms with Crippen LogP contribution in [0.15, 0.2) is 140 Å². The van der Waals surface area contributed by atoms with Gasteiger partial charge in [0.2, 0.25) is 0 Å². The molecule has 1 N–H and O–H groups in total. The normalized spacial score (nSPS) is 19.3. The van der Waals surface area contributed by atoms with Gasteiger partial charge in [-0.25, -0.2) is 0 Å². The highest BCUT2D eigenvalue weighted by Crippen LogP contribution is 2.43. The van der Waals surface area contributed by atoms with E-state index < -0.39 is 0 Å². The lowest BCUT2D eigenvalue weighted by atomic mass is 9.88. The molecule has 0 fully saturated rings. The highest BCUT2D eigenvalue weighted by atomic mass is 15.2. The third kappa shape index (κ3) is 4.77. The number of hydrogen-bond donors (Lipinski definition) is 1. The third-order valence-corrected chi connectivity index (χ3v) is 11.1. The number of fused-ring (bicyclic) bond motifs is 7. The number of nitrogens with one attached hydrogen (secondary N) is 1. The molecule has 0 spiro atoms. The molecule has 0 radical (unpaired) electrons. The molecule has 4 aromatic carbocycles. The van der Waals surface area contributed by atoms with Crippen molar-refractivity contribution in [3.8, 4) is 5.69 Å². The van der Waals surface area contributed by atoms with Crippen LogP contribution >= 0.6 is 0 Å². The largest absolute Gasteiger partial charge is 0.363 e. The van der Waals surface area contributed by atoms with Crippen LogP contribution in [-0.2, 0) is 0 Å². The van der Waals surface area contributed by atoms with Crippen LogP contribution in [0.2, 0.25) is 0 Å². The molecular formula is C46H40N4. The van der Waals surface area contributed by atoms with Gasteiger partial charge in [-0.05, 0) is 111 Å². The van der Waals surface area contributed by atoms with Crippen molar-refractivity contribution in [2.24, 2.45) is 0 Å².